The second-order valence-corrected chi connectivity index (χ2v) is 5.68. The van der Waals surface area contributed by atoms with E-state index >= 15 is 0 Å². The number of aliphatic imine (C=N–C) groups is 1. The maximum Gasteiger partial charge on any atom is 0.345 e. The number of thiazole rings is 1. The number of hydrazone groups is 1. The van der Waals surface area contributed by atoms with Gasteiger partial charge in [-0.2, -0.15) is 9.50 Å². The fraction of sp³-hybridized carbons (Fsp3) is 0.417. The Morgan fingerprint density at radius 2 is 2.42 bits per heavy atom. The molecule has 2 aromatic heterocycles. The van der Waals surface area contributed by atoms with Gasteiger partial charge in [-0.25, -0.2) is 4.98 Å². The summed E-state index contributed by atoms with van der Waals surface area (Å²) < 4.78 is 1.98. The lowest BCUT2D eigenvalue weighted by atomic mass is 10.2. The first-order valence-corrected chi connectivity index (χ1v) is 7.59. The molecule has 3 rings (SSSR count). The number of nitrogens with zero attached hydrogens (tertiary/aromatic N) is 3. The minimum Gasteiger partial charge on any atom is -0.271 e. The van der Waals surface area contributed by atoms with Crippen LogP contribution in [-0.2, 0) is 0 Å². The summed E-state index contributed by atoms with van der Waals surface area (Å²) in [5.41, 5.74) is 3.87. The highest BCUT2D eigenvalue weighted by atomic mass is 35.5. The van der Waals surface area contributed by atoms with Crippen LogP contribution in [0.5, 0.6) is 0 Å². The Balaban J connectivity index is 1.73. The Morgan fingerprint density at radius 3 is 3.37 bits per heavy atom. The van der Waals surface area contributed by atoms with Crippen molar-refractivity contribution in [3.8, 4) is 0 Å². The number of aromatic amines is 1. The van der Waals surface area contributed by atoms with E-state index in [1.54, 1.807) is 17.6 Å². The number of aromatic nitrogens is 2. The molecule has 0 saturated carbocycles. The van der Waals surface area contributed by atoms with E-state index in [9.17, 15) is 0 Å². The number of rotatable bonds is 2. The zero-order valence-corrected chi connectivity index (χ0v) is 12.0. The molecule has 100 valence electrons. The number of nitrogens with one attached hydrogen (secondary N) is 2. The molecule has 0 spiro atoms. The van der Waals surface area contributed by atoms with E-state index in [2.05, 4.69) is 20.5 Å². The third-order valence-corrected chi connectivity index (χ3v) is 4.13. The molecule has 2 N–H and O–H groups in total. The summed E-state index contributed by atoms with van der Waals surface area (Å²) in [5.74, 6) is 0.965. The first kappa shape index (κ1) is 12.6. The van der Waals surface area contributed by atoms with Crippen LogP contribution in [0.4, 0.5) is 0 Å². The van der Waals surface area contributed by atoms with Crippen LogP contribution in [0.3, 0.4) is 0 Å². The molecule has 0 radical (unpaired) electrons. The molecule has 2 aromatic rings. The van der Waals surface area contributed by atoms with Gasteiger partial charge in [0.25, 0.3) is 0 Å². The molecule has 19 heavy (non-hydrogen) atoms. The molecule has 1 aliphatic heterocycles. The quantitative estimate of drug-likeness (QED) is 0.499. The Labute approximate surface area is 120 Å². The SMILES string of the molecule is Clc1[nH]c2scc[n+]2c1/C=N/NC1=NCCCCC1. The van der Waals surface area contributed by atoms with Crippen molar-refractivity contribution in [2.45, 2.75) is 25.7 Å². The molecule has 3 heterocycles. The summed E-state index contributed by atoms with van der Waals surface area (Å²) >= 11 is 7.74. The molecule has 0 amide bonds. The highest BCUT2D eigenvalue weighted by Gasteiger charge is 2.16. The van der Waals surface area contributed by atoms with Gasteiger partial charge < -0.3 is 0 Å². The number of imidazole rings is 1. The molecule has 0 atom stereocenters. The van der Waals surface area contributed by atoms with Crippen molar-refractivity contribution in [3.05, 3.63) is 22.4 Å². The summed E-state index contributed by atoms with van der Waals surface area (Å²) in [5, 5.41) is 6.84. The summed E-state index contributed by atoms with van der Waals surface area (Å²) in [6.07, 6.45) is 8.26. The molecule has 0 bridgehead atoms. The van der Waals surface area contributed by atoms with Crippen molar-refractivity contribution in [2.24, 2.45) is 10.1 Å². The lowest BCUT2D eigenvalue weighted by Crippen LogP contribution is -2.22. The summed E-state index contributed by atoms with van der Waals surface area (Å²) in [6, 6.07) is 0. The topological polar surface area (TPSA) is 56.6 Å². The van der Waals surface area contributed by atoms with Crippen LogP contribution in [0, 0.1) is 0 Å². The molecule has 0 aromatic carbocycles. The van der Waals surface area contributed by atoms with Crippen LogP contribution < -0.4 is 9.83 Å². The number of H-pyrrole nitrogens is 1. The van der Waals surface area contributed by atoms with Gasteiger partial charge in [0.15, 0.2) is 0 Å². The average Bonchev–Trinajstić information content (AvgIpc) is 2.83. The third kappa shape index (κ3) is 2.79. The normalized spacial score (nSPS) is 16.8. The van der Waals surface area contributed by atoms with Gasteiger partial charge in [-0.15, -0.1) is 0 Å². The van der Waals surface area contributed by atoms with Gasteiger partial charge in [-0.1, -0.05) is 17.8 Å². The lowest BCUT2D eigenvalue weighted by molar-refractivity contribution is -0.506. The minimum atomic E-state index is 0.597. The molecular weight excluding hydrogens is 282 g/mol. The number of hydrogen-bond donors (Lipinski definition) is 2. The Bertz CT molecular complexity index is 627. The fourth-order valence-corrected chi connectivity index (χ4v) is 3.11. The van der Waals surface area contributed by atoms with Crippen molar-refractivity contribution >= 4 is 39.9 Å². The number of halogens is 1. The molecule has 0 saturated heterocycles. The van der Waals surface area contributed by atoms with Crippen molar-refractivity contribution < 1.29 is 4.40 Å². The monoisotopic (exact) mass is 296 g/mol. The largest absolute Gasteiger partial charge is 0.345 e. The predicted molar refractivity (Wildman–Crippen MR) is 78.3 cm³/mol. The van der Waals surface area contributed by atoms with Gasteiger partial charge in [0, 0.05) is 18.3 Å². The molecule has 0 aliphatic carbocycles. The zero-order chi connectivity index (χ0) is 13.1. The smallest absolute Gasteiger partial charge is 0.271 e. The second kappa shape index (κ2) is 5.71. The Morgan fingerprint density at radius 1 is 1.47 bits per heavy atom. The van der Waals surface area contributed by atoms with E-state index in [1.807, 2.05) is 16.0 Å². The highest BCUT2D eigenvalue weighted by Crippen LogP contribution is 2.13. The predicted octanol–water partition coefficient (Wildman–Crippen LogP) is 2.36. The van der Waals surface area contributed by atoms with E-state index in [1.165, 1.54) is 19.3 Å². The van der Waals surface area contributed by atoms with Gasteiger partial charge in [-0.3, -0.25) is 10.4 Å². The number of fused-ring (bicyclic) bond motifs is 1. The molecule has 1 aliphatic rings. The van der Waals surface area contributed by atoms with Crippen molar-refractivity contribution in [1.82, 2.24) is 10.4 Å². The van der Waals surface area contributed by atoms with Gasteiger partial charge in [-0.05, 0) is 24.4 Å². The first-order valence-electron chi connectivity index (χ1n) is 6.33. The second-order valence-electron chi connectivity index (χ2n) is 4.41. The third-order valence-electron chi connectivity index (χ3n) is 3.06. The maximum atomic E-state index is 6.14. The molecule has 0 unspecified atom stereocenters. The standard InChI is InChI=1S/C12H14ClN5S/c13-11-9(18-6-7-19-12(18)16-11)8-15-17-10-4-2-1-3-5-14-10/h6-8H,1-5H2,(H,14,17)/p+1/b15-8+. The van der Waals surface area contributed by atoms with Crippen LogP contribution >= 0.6 is 22.9 Å². The van der Waals surface area contributed by atoms with Crippen LogP contribution in [0.15, 0.2) is 21.7 Å². The Kier molecular flexibility index (Phi) is 3.79. The summed E-state index contributed by atoms with van der Waals surface area (Å²) in [4.78, 5) is 8.56. The van der Waals surface area contributed by atoms with Gasteiger partial charge >= 0.3 is 4.96 Å². The van der Waals surface area contributed by atoms with Gasteiger partial charge in [0.1, 0.15) is 18.2 Å². The Hall–Kier alpha value is -1.40. The van der Waals surface area contributed by atoms with Crippen molar-refractivity contribution in [1.29, 1.82) is 0 Å². The molecule has 0 fully saturated rings. The summed E-state index contributed by atoms with van der Waals surface area (Å²) in [7, 11) is 0. The number of hydrogen-bond acceptors (Lipinski definition) is 4. The minimum absolute atomic E-state index is 0.597. The molecular formula is C12H15ClN5S+. The van der Waals surface area contributed by atoms with Crippen LogP contribution in [0.2, 0.25) is 5.15 Å². The summed E-state index contributed by atoms with van der Waals surface area (Å²) in [6.45, 7) is 0.895. The maximum absolute atomic E-state index is 6.14. The fourth-order valence-electron chi connectivity index (χ4n) is 2.08. The highest BCUT2D eigenvalue weighted by molar-refractivity contribution is 7.14. The van der Waals surface area contributed by atoms with Crippen LogP contribution in [0.1, 0.15) is 31.4 Å². The van der Waals surface area contributed by atoms with E-state index in [-0.39, 0.29) is 0 Å². The zero-order valence-electron chi connectivity index (χ0n) is 10.4. The van der Waals surface area contributed by atoms with Crippen molar-refractivity contribution in [2.75, 3.05) is 6.54 Å². The number of amidine groups is 1. The van der Waals surface area contributed by atoms with E-state index in [0.717, 1.165) is 29.5 Å². The van der Waals surface area contributed by atoms with Gasteiger partial charge in [0.2, 0.25) is 10.8 Å². The van der Waals surface area contributed by atoms with Crippen molar-refractivity contribution in [3.63, 3.8) is 0 Å². The van der Waals surface area contributed by atoms with E-state index < -0.39 is 0 Å². The van der Waals surface area contributed by atoms with Crippen LogP contribution in [-0.4, -0.2) is 23.6 Å². The van der Waals surface area contributed by atoms with Gasteiger partial charge in [0.05, 0.1) is 0 Å². The lowest BCUT2D eigenvalue weighted by Gasteiger charge is -2.00. The van der Waals surface area contributed by atoms with Crippen LogP contribution in [0.25, 0.3) is 4.96 Å². The molecule has 7 heteroatoms. The van der Waals surface area contributed by atoms with E-state index in [0.29, 0.717) is 5.15 Å². The average molecular weight is 297 g/mol. The van der Waals surface area contributed by atoms with E-state index in [4.69, 9.17) is 11.6 Å². The first-order chi connectivity index (χ1) is 9.34. The molecule has 5 nitrogen and oxygen atoms in total.